The SMILES string of the molecule is COc1ccc(Cn2ncc3cccnc3c2=O)c(OC)c1OC. The highest BCUT2D eigenvalue weighted by atomic mass is 16.5. The molecule has 0 aliphatic heterocycles. The van der Waals surface area contributed by atoms with Crippen molar-refractivity contribution in [2.24, 2.45) is 0 Å². The first-order valence-corrected chi connectivity index (χ1v) is 7.28. The molecule has 0 saturated heterocycles. The van der Waals surface area contributed by atoms with Crippen molar-refractivity contribution < 1.29 is 14.2 Å². The van der Waals surface area contributed by atoms with E-state index in [9.17, 15) is 4.79 Å². The number of hydrogen-bond donors (Lipinski definition) is 0. The number of rotatable bonds is 5. The van der Waals surface area contributed by atoms with Gasteiger partial charge in [0.1, 0.15) is 5.52 Å². The zero-order chi connectivity index (χ0) is 17.1. The van der Waals surface area contributed by atoms with Crippen molar-refractivity contribution in [3.8, 4) is 17.2 Å². The topological polar surface area (TPSA) is 75.5 Å². The van der Waals surface area contributed by atoms with E-state index in [0.717, 1.165) is 5.56 Å². The summed E-state index contributed by atoms with van der Waals surface area (Å²) >= 11 is 0. The van der Waals surface area contributed by atoms with Crippen LogP contribution in [0.4, 0.5) is 0 Å². The number of benzene rings is 1. The molecule has 0 radical (unpaired) electrons. The van der Waals surface area contributed by atoms with Gasteiger partial charge >= 0.3 is 0 Å². The van der Waals surface area contributed by atoms with Crippen LogP contribution in [0.5, 0.6) is 17.2 Å². The van der Waals surface area contributed by atoms with Gasteiger partial charge in [0.2, 0.25) is 5.75 Å². The van der Waals surface area contributed by atoms with Crippen LogP contribution in [-0.2, 0) is 6.54 Å². The average molecular weight is 327 g/mol. The number of aromatic nitrogens is 3. The van der Waals surface area contributed by atoms with Crippen LogP contribution in [0.2, 0.25) is 0 Å². The monoisotopic (exact) mass is 327 g/mol. The third-order valence-electron chi connectivity index (χ3n) is 3.72. The maximum Gasteiger partial charge on any atom is 0.293 e. The number of nitrogens with zero attached hydrogens (tertiary/aromatic N) is 3. The van der Waals surface area contributed by atoms with E-state index in [0.29, 0.717) is 28.2 Å². The van der Waals surface area contributed by atoms with Crippen LogP contribution in [0.25, 0.3) is 10.9 Å². The van der Waals surface area contributed by atoms with Crippen LogP contribution in [0.3, 0.4) is 0 Å². The molecule has 0 spiro atoms. The van der Waals surface area contributed by atoms with E-state index in [-0.39, 0.29) is 12.1 Å². The molecule has 0 saturated carbocycles. The molecule has 3 aromatic rings. The Labute approximate surface area is 138 Å². The fourth-order valence-corrected chi connectivity index (χ4v) is 2.57. The Kier molecular flexibility index (Phi) is 4.33. The number of ether oxygens (including phenoxy) is 3. The second-order valence-corrected chi connectivity index (χ2v) is 5.04. The lowest BCUT2D eigenvalue weighted by atomic mass is 10.1. The van der Waals surface area contributed by atoms with Crippen LogP contribution >= 0.6 is 0 Å². The standard InChI is InChI=1S/C17H17N3O4/c1-22-13-7-6-12(15(23-2)16(13)24-3)10-20-17(21)14-11(9-19-20)5-4-8-18-14/h4-9H,10H2,1-3H3. The van der Waals surface area contributed by atoms with Crippen molar-refractivity contribution in [3.63, 3.8) is 0 Å². The molecule has 0 aliphatic rings. The van der Waals surface area contributed by atoms with E-state index < -0.39 is 0 Å². The third kappa shape index (κ3) is 2.64. The van der Waals surface area contributed by atoms with Crippen molar-refractivity contribution in [3.05, 3.63) is 52.6 Å². The molecule has 0 unspecified atom stereocenters. The van der Waals surface area contributed by atoms with Crippen LogP contribution in [0.15, 0.2) is 41.5 Å². The van der Waals surface area contributed by atoms with Crippen molar-refractivity contribution in [2.75, 3.05) is 21.3 Å². The lowest BCUT2D eigenvalue weighted by Crippen LogP contribution is -2.24. The Balaban J connectivity index is 2.09. The average Bonchev–Trinajstić information content (AvgIpc) is 2.63. The zero-order valence-electron chi connectivity index (χ0n) is 13.6. The second-order valence-electron chi connectivity index (χ2n) is 5.04. The summed E-state index contributed by atoms with van der Waals surface area (Å²) in [6.07, 6.45) is 3.21. The lowest BCUT2D eigenvalue weighted by molar-refractivity contribution is 0.321. The summed E-state index contributed by atoms with van der Waals surface area (Å²) in [5.41, 5.74) is 0.872. The molecular formula is C17H17N3O4. The summed E-state index contributed by atoms with van der Waals surface area (Å²) in [7, 11) is 4.63. The van der Waals surface area contributed by atoms with Gasteiger partial charge in [0.15, 0.2) is 11.5 Å². The molecule has 24 heavy (non-hydrogen) atoms. The van der Waals surface area contributed by atoms with Crippen molar-refractivity contribution >= 4 is 10.9 Å². The van der Waals surface area contributed by atoms with Gasteiger partial charge in [-0.25, -0.2) is 4.68 Å². The lowest BCUT2D eigenvalue weighted by Gasteiger charge is -2.16. The largest absolute Gasteiger partial charge is 0.493 e. The van der Waals surface area contributed by atoms with Gasteiger partial charge in [-0.15, -0.1) is 0 Å². The van der Waals surface area contributed by atoms with Crippen LogP contribution in [0, 0.1) is 0 Å². The summed E-state index contributed by atoms with van der Waals surface area (Å²) in [6.45, 7) is 0.231. The van der Waals surface area contributed by atoms with Gasteiger partial charge in [0.05, 0.1) is 34.1 Å². The predicted molar refractivity (Wildman–Crippen MR) is 89.0 cm³/mol. The van der Waals surface area contributed by atoms with E-state index in [1.54, 1.807) is 44.8 Å². The van der Waals surface area contributed by atoms with E-state index in [4.69, 9.17) is 14.2 Å². The van der Waals surface area contributed by atoms with E-state index in [2.05, 4.69) is 10.1 Å². The maximum atomic E-state index is 12.6. The Morgan fingerprint density at radius 1 is 1.04 bits per heavy atom. The highest BCUT2D eigenvalue weighted by molar-refractivity contribution is 5.75. The van der Waals surface area contributed by atoms with E-state index >= 15 is 0 Å². The molecule has 3 rings (SSSR count). The Hall–Kier alpha value is -3.09. The van der Waals surface area contributed by atoms with Crippen molar-refractivity contribution in [1.29, 1.82) is 0 Å². The minimum Gasteiger partial charge on any atom is -0.493 e. The highest BCUT2D eigenvalue weighted by Crippen LogP contribution is 2.39. The number of hydrogen-bond acceptors (Lipinski definition) is 6. The number of pyridine rings is 1. The van der Waals surface area contributed by atoms with Gasteiger partial charge in [-0.1, -0.05) is 0 Å². The zero-order valence-corrected chi connectivity index (χ0v) is 13.6. The minimum absolute atomic E-state index is 0.231. The van der Waals surface area contributed by atoms with Gasteiger partial charge < -0.3 is 14.2 Å². The molecule has 1 aromatic carbocycles. The van der Waals surface area contributed by atoms with Gasteiger partial charge in [-0.2, -0.15) is 5.10 Å². The predicted octanol–water partition coefficient (Wildman–Crippen LogP) is 1.87. The summed E-state index contributed by atoms with van der Waals surface area (Å²) in [5.74, 6) is 1.54. The number of methoxy groups -OCH3 is 3. The molecule has 124 valence electrons. The Morgan fingerprint density at radius 2 is 1.83 bits per heavy atom. The highest BCUT2D eigenvalue weighted by Gasteiger charge is 2.17. The molecule has 0 atom stereocenters. The van der Waals surface area contributed by atoms with E-state index in [1.807, 2.05) is 6.07 Å². The fraction of sp³-hybridized carbons (Fsp3) is 0.235. The van der Waals surface area contributed by atoms with Crippen molar-refractivity contribution in [2.45, 2.75) is 6.54 Å². The first kappa shape index (κ1) is 15.8. The molecule has 2 heterocycles. The smallest absolute Gasteiger partial charge is 0.293 e. The molecule has 0 fully saturated rings. The molecular weight excluding hydrogens is 310 g/mol. The summed E-state index contributed by atoms with van der Waals surface area (Å²) in [5, 5.41) is 4.92. The van der Waals surface area contributed by atoms with Gasteiger partial charge in [-0.05, 0) is 24.3 Å². The number of fused-ring (bicyclic) bond motifs is 1. The quantitative estimate of drug-likeness (QED) is 0.712. The van der Waals surface area contributed by atoms with Gasteiger partial charge in [-0.3, -0.25) is 9.78 Å². The van der Waals surface area contributed by atoms with Gasteiger partial charge in [0, 0.05) is 17.1 Å². The van der Waals surface area contributed by atoms with Crippen LogP contribution in [0.1, 0.15) is 5.56 Å². The summed E-state index contributed by atoms with van der Waals surface area (Å²) in [4.78, 5) is 16.7. The minimum atomic E-state index is -0.259. The molecule has 0 N–H and O–H groups in total. The van der Waals surface area contributed by atoms with Crippen molar-refractivity contribution in [1.82, 2.24) is 14.8 Å². The molecule has 0 bridgehead atoms. The first-order valence-electron chi connectivity index (χ1n) is 7.28. The molecule has 0 amide bonds. The molecule has 2 aromatic heterocycles. The van der Waals surface area contributed by atoms with Crippen LogP contribution in [-0.4, -0.2) is 36.1 Å². The Bertz CT molecular complexity index is 937. The summed E-state index contributed by atoms with van der Waals surface area (Å²) in [6, 6.07) is 7.15. The maximum absolute atomic E-state index is 12.6. The Morgan fingerprint density at radius 3 is 2.54 bits per heavy atom. The summed E-state index contributed by atoms with van der Waals surface area (Å²) < 4.78 is 17.4. The van der Waals surface area contributed by atoms with Crippen LogP contribution < -0.4 is 19.8 Å². The normalized spacial score (nSPS) is 10.6. The first-order chi connectivity index (χ1) is 11.7. The fourth-order valence-electron chi connectivity index (χ4n) is 2.57. The molecule has 7 heteroatoms. The molecule has 7 nitrogen and oxygen atoms in total. The van der Waals surface area contributed by atoms with E-state index in [1.165, 1.54) is 11.8 Å². The third-order valence-corrected chi connectivity index (χ3v) is 3.72. The second kappa shape index (κ2) is 6.57. The molecule has 0 aliphatic carbocycles. The van der Waals surface area contributed by atoms with Gasteiger partial charge in [0.25, 0.3) is 5.56 Å².